The summed E-state index contributed by atoms with van der Waals surface area (Å²) >= 11 is 0. The van der Waals surface area contributed by atoms with Gasteiger partial charge in [0.1, 0.15) is 6.04 Å². The van der Waals surface area contributed by atoms with E-state index in [1.807, 2.05) is 11.8 Å². The number of hydrogen-bond acceptors (Lipinski definition) is 2. The van der Waals surface area contributed by atoms with E-state index in [4.69, 9.17) is 0 Å². The van der Waals surface area contributed by atoms with Gasteiger partial charge in [0.2, 0.25) is 11.8 Å². The second kappa shape index (κ2) is 5.78. The predicted octanol–water partition coefficient (Wildman–Crippen LogP) is 2.86. The molecule has 0 aromatic rings. The molecule has 0 radical (unpaired) electrons. The van der Waals surface area contributed by atoms with Crippen LogP contribution >= 0.6 is 0 Å². The Kier molecular flexibility index (Phi) is 3.89. The fourth-order valence-electron chi connectivity index (χ4n) is 6.30. The first-order valence-electron chi connectivity index (χ1n) is 9.70. The number of hydrogen-bond donors (Lipinski definition) is 1. The quantitative estimate of drug-likeness (QED) is 0.866. The summed E-state index contributed by atoms with van der Waals surface area (Å²) in [6.07, 6.45) is 10.9. The molecule has 1 N–H and O–H groups in total. The highest BCUT2D eigenvalue weighted by atomic mass is 16.2. The number of rotatable bonds is 4. The minimum absolute atomic E-state index is 0.0634. The molecule has 0 spiro atoms. The lowest BCUT2D eigenvalue weighted by Crippen LogP contribution is -2.62. The Balaban J connectivity index is 1.44. The van der Waals surface area contributed by atoms with E-state index in [-0.39, 0.29) is 23.4 Å². The van der Waals surface area contributed by atoms with E-state index >= 15 is 0 Å². The van der Waals surface area contributed by atoms with Crippen LogP contribution in [0.4, 0.5) is 0 Å². The maximum Gasteiger partial charge on any atom is 0.243 e. The van der Waals surface area contributed by atoms with Crippen molar-refractivity contribution in [3.05, 3.63) is 0 Å². The number of nitrogens with one attached hydrogen (secondary N) is 1. The van der Waals surface area contributed by atoms with Gasteiger partial charge in [-0.25, -0.2) is 0 Å². The van der Waals surface area contributed by atoms with Crippen LogP contribution < -0.4 is 5.32 Å². The molecule has 5 rings (SSSR count). The van der Waals surface area contributed by atoms with Gasteiger partial charge >= 0.3 is 0 Å². The van der Waals surface area contributed by atoms with Crippen LogP contribution in [0.1, 0.15) is 71.1 Å². The first kappa shape index (κ1) is 15.5. The Morgan fingerprint density at radius 2 is 1.70 bits per heavy atom. The van der Waals surface area contributed by atoms with Crippen molar-refractivity contribution in [2.75, 3.05) is 6.54 Å². The van der Waals surface area contributed by atoms with Gasteiger partial charge in [0, 0.05) is 18.5 Å². The normalized spacial score (nSPS) is 41.3. The van der Waals surface area contributed by atoms with Crippen LogP contribution in [0.25, 0.3) is 0 Å². The zero-order chi connectivity index (χ0) is 16.0. The lowest BCUT2D eigenvalue weighted by atomic mass is 9.53. The number of likely N-dealkylation sites (tertiary alicyclic amines) is 1. The lowest BCUT2D eigenvalue weighted by Gasteiger charge is -2.57. The third-order valence-electron chi connectivity index (χ3n) is 6.77. The summed E-state index contributed by atoms with van der Waals surface area (Å²) in [5.74, 6) is 2.80. The molecule has 1 saturated heterocycles. The monoisotopic (exact) mass is 318 g/mol. The number of carbonyl (C=O) groups excluding carboxylic acids is 2. The van der Waals surface area contributed by atoms with Gasteiger partial charge in [0.15, 0.2) is 0 Å². The standard InChI is InChI=1S/C19H30N2O2/c1-2-4-17(22)21-6-3-5-16(21)18(23)20-19-10-13-7-14(11-19)9-15(8-13)12-19/h13-16H,2-12H2,1H3,(H,20,23). The number of carbonyl (C=O) groups is 2. The maximum absolute atomic E-state index is 12.9. The third-order valence-corrected chi connectivity index (χ3v) is 6.77. The first-order valence-corrected chi connectivity index (χ1v) is 9.70. The largest absolute Gasteiger partial charge is 0.349 e. The molecule has 23 heavy (non-hydrogen) atoms. The van der Waals surface area contributed by atoms with E-state index in [0.717, 1.165) is 43.6 Å². The average molecular weight is 318 g/mol. The molecule has 5 fully saturated rings. The van der Waals surface area contributed by atoms with Crippen LogP contribution in [0, 0.1) is 17.8 Å². The van der Waals surface area contributed by atoms with Crippen molar-refractivity contribution in [3.8, 4) is 0 Å². The van der Waals surface area contributed by atoms with Crippen molar-refractivity contribution in [2.24, 2.45) is 17.8 Å². The van der Waals surface area contributed by atoms with Crippen LogP contribution in [0.2, 0.25) is 0 Å². The summed E-state index contributed by atoms with van der Waals surface area (Å²) < 4.78 is 0. The molecule has 1 unspecified atom stereocenters. The van der Waals surface area contributed by atoms with Gasteiger partial charge in [-0.2, -0.15) is 0 Å². The molecule has 1 atom stereocenters. The fourth-order valence-corrected chi connectivity index (χ4v) is 6.30. The highest BCUT2D eigenvalue weighted by Crippen LogP contribution is 2.55. The highest BCUT2D eigenvalue weighted by Gasteiger charge is 2.52. The molecule has 2 amide bonds. The van der Waals surface area contributed by atoms with Gasteiger partial charge < -0.3 is 10.2 Å². The van der Waals surface area contributed by atoms with Crippen LogP contribution in [-0.2, 0) is 9.59 Å². The Labute approximate surface area is 139 Å². The Morgan fingerprint density at radius 3 is 2.26 bits per heavy atom. The molecular formula is C19H30N2O2. The minimum atomic E-state index is -0.206. The van der Waals surface area contributed by atoms with Crippen molar-refractivity contribution >= 4 is 11.8 Å². The molecule has 4 nitrogen and oxygen atoms in total. The molecule has 0 aromatic carbocycles. The summed E-state index contributed by atoms with van der Waals surface area (Å²) in [5, 5.41) is 3.46. The fraction of sp³-hybridized carbons (Fsp3) is 0.895. The summed E-state index contributed by atoms with van der Waals surface area (Å²) in [7, 11) is 0. The van der Waals surface area contributed by atoms with Crippen LogP contribution in [-0.4, -0.2) is 34.8 Å². The molecule has 1 heterocycles. The number of nitrogens with zero attached hydrogens (tertiary/aromatic N) is 1. The summed E-state index contributed by atoms with van der Waals surface area (Å²) in [6, 6.07) is -0.206. The Bertz CT molecular complexity index is 466. The molecule has 5 aliphatic rings. The van der Waals surface area contributed by atoms with Gasteiger partial charge in [-0.05, 0) is 75.5 Å². The minimum Gasteiger partial charge on any atom is -0.349 e. The topological polar surface area (TPSA) is 49.4 Å². The zero-order valence-corrected chi connectivity index (χ0v) is 14.4. The molecule has 4 aliphatic carbocycles. The van der Waals surface area contributed by atoms with Crippen LogP contribution in [0.15, 0.2) is 0 Å². The summed E-state index contributed by atoms with van der Waals surface area (Å²) in [5.41, 5.74) is 0.0634. The highest BCUT2D eigenvalue weighted by molar-refractivity contribution is 5.88. The van der Waals surface area contributed by atoms with Crippen molar-refractivity contribution in [1.82, 2.24) is 10.2 Å². The van der Waals surface area contributed by atoms with E-state index < -0.39 is 0 Å². The van der Waals surface area contributed by atoms with E-state index in [1.165, 1.54) is 38.5 Å². The lowest BCUT2D eigenvalue weighted by molar-refractivity contribution is -0.141. The van der Waals surface area contributed by atoms with Crippen molar-refractivity contribution in [1.29, 1.82) is 0 Å². The molecule has 128 valence electrons. The van der Waals surface area contributed by atoms with Crippen molar-refractivity contribution < 1.29 is 9.59 Å². The van der Waals surface area contributed by atoms with Gasteiger partial charge in [-0.3, -0.25) is 9.59 Å². The van der Waals surface area contributed by atoms with E-state index in [9.17, 15) is 9.59 Å². The van der Waals surface area contributed by atoms with E-state index in [1.54, 1.807) is 0 Å². The smallest absolute Gasteiger partial charge is 0.243 e. The molecule has 4 heteroatoms. The second-order valence-electron chi connectivity index (χ2n) is 8.68. The third kappa shape index (κ3) is 2.78. The Morgan fingerprint density at radius 1 is 1.09 bits per heavy atom. The zero-order valence-electron chi connectivity index (χ0n) is 14.4. The van der Waals surface area contributed by atoms with E-state index in [0.29, 0.717) is 6.42 Å². The van der Waals surface area contributed by atoms with Crippen LogP contribution in [0.5, 0.6) is 0 Å². The predicted molar refractivity (Wildman–Crippen MR) is 88.7 cm³/mol. The van der Waals surface area contributed by atoms with Gasteiger partial charge in [0.05, 0.1) is 0 Å². The molecule has 0 aromatic heterocycles. The SMILES string of the molecule is CCCC(=O)N1CCCC1C(=O)NC12CC3CC(CC(C3)C1)C2. The van der Waals surface area contributed by atoms with Gasteiger partial charge in [-0.1, -0.05) is 6.92 Å². The van der Waals surface area contributed by atoms with Crippen molar-refractivity contribution in [3.63, 3.8) is 0 Å². The maximum atomic E-state index is 12.9. The molecular weight excluding hydrogens is 288 g/mol. The number of amides is 2. The summed E-state index contributed by atoms with van der Waals surface area (Å²) in [4.78, 5) is 27.1. The summed E-state index contributed by atoms with van der Waals surface area (Å²) in [6.45, 7) is 2.79. The van der Waals surface area contributed by atoms with Gasteiger partial charge in [0.25, 0.3) is 0 Å². The molecule has 4 bridgehead atoms. The molecule has 1 aliphatic heterocycles. The molecule has 4 saturated carbocycles. The van der Waals surface area contributed by atoms with Crippen LogP contribution in [0.3, 0.4) is 0 Å². The average Bonchev–Trinajstić information content (AvgIpc) is 2.95. The Hall–Kier alpha value is -1.06. The second-order valence-corrected chi connectivity index (χ2v) is 8.68. The van der Waals surface area contributed by atoms with E-state index in [2.05, 4.69) is 5.32 Å². The van der Waals surface area contributed by atoms with Crippen molar-refractivity contribution in [2.45, 2.75) is 82.7 Å². The van der Waals surface area contributed by atoms with Gasteiger partial charge in [-0.15, -0.1) is 0 Å². The first-order chi connectivity index (χ1) is 11.1.